The number of hydrogen-bond acceptors (Lipinski definition) is 5. The predicted octanol–water partition coefficient (Wildman–Crippen LogP) is 2.97. The van der Waals surface area contributed by atoms with Crippen molar-refractivity contribution in [3.63, 3.8) is 0 Å². The number of nitrogens with zero attached hydrogens (tertiary/aromatic N) is 1. The van der Waals surface area contributed by atoms with Crippen LogP contribution in [0.5, 0.6) is 11.5 Å². The molecule has 1 saturated heterocycles. The van der Waals surface area contributed by atoms with Crippen LogP contribution >= 0.6 is 0 Å². The van der Waals surface area contributed by atoms with Gasteiger partial charge in [-0.3, -0.25) is 9.69 Å². The Labute approximate surface area is 177 Å². The highest BCUT2D eigenvalue weighted by Crippen LogP contribution is 2.31. The highest BCUT2D eigenvalue weighted by Gasteiger charge is 2.19. The van der Waals surface area contributed by atoms with E-state index in [1.807, 2.05) is 18.2 Å². The Kier molecular flexibility index (Phi) is 6.67. The smallest absolute Gasteiger partial charge is 0.244 e. The fourth-order valence-corrected chi connectivity index (χ4v) is 3.63. The number of carbonyl (C=O) groups excluding carboxylic acids is 1. The maximum absolute atomic E-state index is 12.7. The zero-order valence-electron chi connectivity index (χ0n) is 17.3. The van der Waals surface area contributed by atoms with Gasteiger partial charge in [-0.1, -0.05) is 35.9 Å². The average Bonchev–Trinajstić information content (AvgIpc) is 2.78. The lowest BCUT2D eigenvalue weighted by atomic mass is 10.0. The number of carbonyl (C=O) groups is 1. The van der Waals surface area contributed by atoms with Gasteiger partial charge >= 0.3 is 0 Å². The van der Waals surface area contributed by atoms with E-state index < -0.39 is 0 Å². The normalized spacial score (nSPS) is 17.6. The van der Waals surface area contributed by atoms with Crippen molar-refractivity contribution in [2.24, 2.45) is 0 Å². The Morgan fingerprint density at radius 1 is 1.03 bits per heavy atom. The number of rotatable bonds is 6. The number of nitrogens with one attached hydrogen (secondary N) is 1. The minimum absolute atomic E-state index is 0.0823. The molecule has 1 N–H and O–H groups in total. The third kappa shape index (κ3) is 5.40. The van der Waals surface area contributed by atoms with E-state index in [4.69, 9.17) is 14.2 Å². The standard InChI is InChI=1S/C24H28N2O4/c1-18-2-6-20(7-3-18)21(17-26-10-12-28-13-11-26)25-24(27)9-5-19-4-8-22-23(16-19)30-15-14-29-22/h2-9,16,21H,10-15,17H2,1H3,(H,25,27)/b9-5+/t21-/m1/s1. The summed E-state index contributed by atoms with van der Waals surface area (Å²) in [7, 11) is 0. The van der Waals surface area contributed by atoms with Gasteiger partial charge in [0, 0.05) is 25.7 Å². The molecule has 6 heteroatoms. The molecule has 0 bridgehead atoms. The Bertz CT molecular complexity index is 889. The lowest BCUT2D eigenvalue weighted by Gasteiger charge is -2.31. The summed E-state index contributed by atoms with van der Waals surface area (Å²) in [4.78, 5) is 15.0. The van der Waals surface area contributed by atoms with E-state index in [1.165, 1.54) is 5.56 Å². The summed E-state index contributed by atoms with van der Waals surface area (Å²) in [6, 6.07) is 13.9. The van der Waals surface area contributed by atoms with Gasteiger partial charge in [-0.15, -0.1) is 0 Å². The summed E-state index contributed by atoms with van der Waals surface area (Å²) in [6.45, 7) is 7.16. The van der Waals surface area contributed by atoms with Crippen molar-refractivity contribution >= 4 is 12.0 Å². The van der Waals surface area contributed by atoms with Gasteiger partial charge in [0.1, 0.15) is 13.2 Å². The number of ether oxygens (including phenoxy) is 3. The van der Waals surface area contributed by atoms with Crippen molar-refractivity contribution in [3.8, 4) is 11.5 Å². The van der Waals surface area contributed by atoms with Crippen LogP contribution in [-0.2, 0) is 9.53 Å². The molecule has 158 valence electrons. The molecule has 4 rings (SSSR count). The third-order valence-electron chi connectivity index (χ3n) is 5.33. The summed E-state index contributed by atoms with van der Waals surface area (Å²) in [5.41, 5.74) is 3.20. The number of benzene rings is 2. The summed E-state index contributed by atoms with van der Waals surface area (Å²) in [5, 5.41) is 3.17. The largest absolute Gasteiger partial charge is 0.486 e. The molecule has 0 unspecified atom stereocenters. The third-order valence-corrected chi connectivity index (χ3v) is 5.33. The predicted molar refractivity (Wildman–Crippen MR) is 116 cm³/mol. The Hall–Kier alpha value is -2.83. The molecule has 1 atom stereocenters. The van der Waals surface area contributed by atoms with Gasteiger partial charge in [0.25, 0.3) is 0 Å². The van der Waals surface area contributed by atoms with Crippen LogP contribution in [0.4, 0.5) is 0 Å². The van der Waals surface area contributed by atoms with Crippen LogP contribution in [-0.4, -0.2) is 56.9 Å². The maximum atomic E-state index is 12.7. The molecule has 2 heterocycles. The van der Waals surface area contributed by atoms with Crippen LogP contribution in [0.3, 0.4) is 0 Å². The molecule has 2 aromatic carbocycles. The molecule has 1 amide bonds. The van der Waals surface area contributed by atoms with Crippen molar-refractivity contribution in [2.45, 2.75) is 13.0 Å². The lowest BCUT2D eigenvalue weighted by Crippen LogP contribution is -2.42. The van der Waals surface area contributed by atoms with E-state index in [2.05, 4.69) is 41.4 Å². The summed E-state index contributed by atoms with van der Waals surface area (Å²) < 4.78 is 16.6. The second-order valence-electron chi connectivity index (χ2n) is 7.62. The van der Waals surface area contributed by atoms with Crippen LogP contribution in [0, 0.1) is 6.92 Å². The molecular weight excluding hydrogens is 380 g/mol. The molecule has 1 fully saturated rings. The van der Waals surface area contributed by atoms with Crippen molar-refractivity contribution in [3.05, 3.63) is 65.2 Å². The van der Waals surface area contributed by atoms with Crippen molar-refractivity contribution in [2.75, 3.05) is 46.1 Å². The molecule has 0 radical (unpaired) electrons. The Balaban J connectivity index is 1.44. The van der Waals surface area contributed by atoms with E-state index >= 15 is 0 Å². The van der Waals surface area contributed by atoms with E-state index in [-0.39, 0.29) is 11.9 Å². The van der Waals surface area contributed by atoms with E-state index in [1.54, 1.807) is 12.2 Å². The fraction of sp³-hybridized carbons (Fsp3) is 0.375. The lowest BCUT2D eigenvalue weighted by molar-refractivity contribution is -0.117. The highest BCUT2D eigenvalue weighted by atomic mass is 16.6. The highest BCUT2D eigenvalue weighted by molar-refractivity contribution is 5.92. The van der Waals surface area contributed by atoms with E-state index in [0.717, 1.165) is 49.7 Å². The fourth-order valence-electron chi connectivity index (χ4n) is 3.63. The molecule has 2 aromatic rings. The first kappa shape index (κ1) is 20.4. The first-order valence-electron chi connectivity index (χ1n) is 10.4. The van der Waals surface area contributed by atoms with Crippen LogP contribution in [0.2, 0.25) is 0 Å². The van der Waals surface area contributed by atoms with Gasteiger partial charge in [0.2, 0.25) is 5.91 Å². The topological polar surface area (TPSA) is 60.0 Å². The molecule has 0 saturated carbocycles. The molecule has 0 aromatic heterocycles. The van der Waals surface area contributed by atoms with E-state index in [9.17, 15) is 4.79 Å². The second-order valence-corrected chi connectivity index (χ2v) is 7.62. The van der Waals surface area contributed by atoms with Crippen LogP contribution in [0.15, 0.2) is 48.5 Å². The maximum Gasteiger partial charge on any atom is 0.244 e. The van der Waals surface area contributed by atoms with E-state index in [0.29, 0.717) is 19.0 Å². The molecule has 2 aliphatic rings. The number of fused-ring (bicyclic) bond motifs is 1. The molecule has 0 aliphatic carbocycles. The number of morpholine rings is 1. The SMILES string of the molecule is Cc1ccc([C@@H](CN2CCOCC2)NC(=O)/C=C/c2ccc3c(c2)OCCO3)cc1. The zero-order chi connectivity index (χ0) is 20.8. The van der Waals surface area contributed by atoms with Crippen LogP contribution < -0.4 is 14.8 Å². The summed E-state index contributed by atoms with van der Waals surface area (Å²) >= 11 is 0. The minimum Gasteiger partial charge on any atom is -0.486 e. The van der Waals surface area contributed by atoms with Crippen molar-refractivity contribution in [1.82, 2.24) is 10.2 Å². The first-order chi connectivity index (χ1) is 14.7. The molecular formula is C24H28N2O4. The van der Waals surface area contributed by atoms with Gasteiger partial charge in [-0.05, 0) is 36.3 Å². The van der Waals surface area contributed by atoms with Gasteiger partial charge in [-0.2, -0.15) is 0 Å². The average molecular weight is 408 g/mol. The minimum atomic E-state index is -0.122. The van der Waals surface area contributed by atoms with Crippen LogP contribution in [0.1, 0.15) is 22.7 Å². The number of hydrogen-bond donors (Lipinski definition) is 1. The van der Waals surface area contributed by atoms with Crippen LogP contribution in [0.25, 0.3) is 6.08 Å². The Morgan fingerprint density at radius 2 is 1.77 bits per heavy atom. The molecule has 2 aliphatic heterocycles. The Morgan fingerprint density at radius 3 is 2.53 bits per heavy atom. The monoisotopic (exact) mass is 408 g/mol. The first-order valence-corrected chi connectivity index (χ1v) is 10.4. The zero-order valence-corrected chi connectivity index (χ0v) is 17.3. The van der Waals surface area contributed by atoms with Gasteiger partial charge < -0.3 is 19.5 Å². The summed E-state index contributed by atoms with van der Waals surface area (Å²) in [5.74, 6) is 1.34. The van der Waals surface area contributed by atoms with Gasteiger partial charge in [0.05, 0.1) is 19.3 Å². The molecule has 6 nitrogen and oxygen atoms in total. The van der Waals surface area contributed by atoms with Crippen molar-refractivity contribution < 1.29 is 19.0 Å². The summed E-state index contributed by atoms with van der Waals surface area (Å²) in [6.07, 6.45) is 3.38. The number of aryl methyl sites for hydroxylation is 1. The van der Waals surface area contributed by atoms with Gasteiger partial charge in [0.15, 0.2) is 11.5 Å². The second kappa shape index (κ2) is 9.78. The van der Waals surface area contributed by atoms with Crippen molar-refractivity contribution in [1.29, 1.82) is 0 Å². The molecule has 0 spiro atoms. The quantitative estimate of drug-likeness (QED) is 0.745. The molecule has 30 heavy (non-hydrogen) atoms. The van der Waals surface area contributed by atoms with Gasteiger partial charge in [-0.25, -0.2) is 0 Å². The number of amides is 1.